The minimum atomic E-state index is -3.85. The molecule has 6 nitrogen and oxygen atoms in total. The van der Waals surface area contributed by atoms with Crippen molar-refractivity contribution in [3.8, 4) is 0 Å². The predicted molar refractivity (Wildman–Crippen MR) is 88.0 cm³/mol. The van der Waals surface area contributed by atoms with Crippen molar-refractivity contribution in [3.63, 3.8) is 0 Å². The highest BCUT2D eigenvalue weighted by Crippen LogP contribution is 2.22. The Morgan fingerprint density at radius 1 is 1.21 bits per heavy atom. The van der Waals surface area contributed by atoms with Crippen LogP contribution < -0.4 is 4.72 Å². The molecule has 1 aromatic carbocycles. The number of fused-ring (bicyclic) bond motifs is 1. The molecule has 1 N–H and O–H groups in total. The van der Waals surface area contributed by atoms with Crippen LogP contribution in [0.15, 0.2) is 35.4 Å². The maximum atomic E-state index is 13.3. The summed E-state index contributed by atoms with van der Waals surface area (Å²) >= 11 is 0. The maximum Gasteiger partial charge on any atom is 0.270 e. The van der Waals surface area contributed by atoms with E-state index < -0.39 is 15.8 Å². The summed E-state index contributed by atoms with van der Waals surface area (Å²) in [5, 5.41) is 0. The van der Waals surface area contributed by atoms with Crippen LogP contribution in [0.5, 0.6) is 0 Å². The van der Waals surface area contributed by atoms with Crippen LogP contribution in [0.1, 0.15) is 22.5 Å². The smallest absolute Gasteiger partial charge is 0.270 e. The van der Waals surface area contributed by atoms with Crippen LogP contribution in [-0.2, 0) is 16.6 Å². The van der Waals surface area contributed by atoms with Gasteiger partial charge in [-0.3, -0.25) is 9.52 Å². The summed E-state index contributed by atoms with van der Waals surface area (Å²) in [6.45, 7) is 2.77. The number of benzene rings is 1. The number of aromatic nitrogens is 1. The second-order valence-electron chi connectivity index (χ2n) is 5.90. The van der Waals surface area contributed by atoms with E-state index in [1.807, 2.05) is 0 Å². The number of sulfonamides is 1. The predicted octanol–water partition coefficient (Wildman–Crippen LogP) is 2.21. The minimum absolute atomic E-state index is 0.0168. The molecule has 1 aliphatic heterocycles. The topological polar surface area (TPSA) is 71.4 Å². The lowest BCUT2D eigenvalue weighted by molar-refractivity contribution is 0.0796. The Bertz CT molecular complexity index is 905. The highest BCUT2D eigenvalue weighted by molar-refractivity contribution is 7.92. The fourth-order valence-electron chi connectivity index (χ4n) is 2.69. The van der Waals surface area contributed by atoms with Crippen LogP contribution in [0.4, 0.5) is 10.1 Å². The van der Waals surface area contributed by atoms with Crippen molar-refractivity contribution in [1.82, 2.24) is 9.47 Å². The van der Waals surface area contributed by atoms with E-state index >= 15 is 0 Å². The van der Waals surface area contributed by atoms with E-state index in [2.05, 4.69) is 4.72 Å². The van der Waals surface area contributed by atoms with Crippen LogP contribution in [0, 0.1) is 12.7 Å². The highest BCUT2D eigenvalue weighted by atomic mass is 32.2. The van der Waals surface area contributed by atoms with Crippen LogP contribution in [0.2, 0.25) is 0 Å². The minimum Gasteiger partial charge on any atom is -0.342 e. The Morgan fingerprint density at radius 3 is 2.67 bits per heavy atom. The molecule has 128 valence electrons. The van der Waals surface area contributed by atoms with E-state index in [0.29, 0.717) is 24.3 Å². The molecule has 3 rings (SSSR count). The molecule has 0 unspecified atom stereocenters. The number of halogens is 1. The molecule has 0 saturated heterocycles. The third-order valence-electron chi connectivity index (χ3n) is 4.05. The molecule has 0 atom stereocenters. The zero-order valence-electron chi connectivity index (χ0n) is 13.4. The summed E-state index contributed by atoms with van der Waals surface area (Å²) in [6.07, 6.45) is 2.22. The van der Waals surface area contributed by atoms with Gasteiger partial charge in [0.05, 0.1) is 0 Å². The molecule has 0 spiro atoms. The lowest BCUT2D eigenvalue weighted by Crippen LogP contribution is -2.26. The summed E-state index contributed by atoms with van der Waals surface area (Å²) in [5.74, 6) is -0.603. The normalized spacial score (nSPS) is 15.1. The molecular formula is C16H18FN3O3S. The number of hydrogen-bond acceptors (Lipinski definition) is 3. The molecule has 0 bridgehead atoms. The molecule has 2 heterocycles. The second kappa shape index (κ2) is 5.94. The zero-order valence-corrected chi connectivity index (χ0v) is 14.2. The Hall–Kier alpha value is -2.35. The Labute approximate surface area is 139 Å². The average Bonchev–Trinajstić information content (AvgIpc) is 2.90. The largest absolute Gasteiger partial charge is 0.342 e. The molecular weight excluding hydrogens is 333 g/mol. The number of carbonyl (C=O) groups is 1. The number of anilines is 1. The number of amides is 1. The first-order chi connectivity index (χ1) is 11.3. The first kappa shape index (κ1) is 16.5. The number of aryl methyl sites for hydroxylation is 2. The van der Waals surface area contributed by atoms with Crippen molar-refractivity contribution in [3.05, 3.63) is 47.5 Å². The fourth-order valence-corrected chi connectivity index (χ4v) is 3.78. The van der Waals surface area contributed by atoms with Crippen LogP contribution in [-0.4, -0.2) is 37.4 Å². The molecule has 2 aromatic rings. The molecule has 1 aromatic heterocycles. The van der Waals surface area contributed by atoms with Gasteiger partial charge >= 0.3 is 0 Å². The number of nitrogens with one attached hydrogen (secondary N) is 1. The van der Waals surface area contributed by atoms with E-state index in [0.717, 1.165) is 6.42 Å². The monoisotopic (exact) mass is 351 g/mol. The van der Waals surface area contributed by atoms with E-state index in [-0.39, 0.29) is 16.5 Å². The quantitative estimate of drug-likeness (QED) is 0.922. The fraction of sp³-hybridized carbons (Fsp3) is 0.312. The molecule has 24 heavy (non-hydrogen) atoms. The van der Waals surface area contributed by atoms with E-state index in [9.17, 15) is 17.6 Å². The van der Waals surface area contributed by atoms with Crippen LogP contribution >= 0.6 is 0 Å². The lowest BCUT2D eigenvalue weighted by Gasteiger charge is -2.12. The third kappa shape index (κ3) is 3.01. The summed E-state index contributed by atoms with van der Waals surface area (Å²) < 4.78 is 42.5. The number of hydrogen-bond donors (Lipinski definition) is 1. The van der Waals surface area contributed by atoms with Gasteiger partial charge in [-0.15, -0.1) is 0 Å². The van der Waals surface area contributed by atoms with Gasteiger partial charge in [-0.05, 0) is 43.2 Å². The van der Waals surface area contributed by atoms with Crippen LogP contribution in [0.25, 0.3) is 0 Å². The number of nitrogens with zero attached hydrogens (tertiary/aromatic N) is 2. The molecule has 0 fully saturated rings. The summed E-state index contributed by atoms with van der Waals surface area (Å²) in [5.41, 5.74) is 0.976. The molecule has 0 aliphatic carbocycles. The molecule has 1 aliphatic rings. The van der Waals surface area contributed by atoms with Crippen LogP contribution in [0.3, 0.4) is 0 Å². The van der Waals surface area contributed by atoms with Gasteiger partial charge in [-0.2, -0.15) is 0 Å². The van der Waals surface area contributed by atoms with Gasteiger partial charge in [-0.1, -0.05) is 0 Å². The van der Waals surface area contributed by atoms with Gasteiger partial charge in [0, 0.05) is 32.0 Å². The third-order valence-corrected chi connectivity index (χ3v) is 5.40. The van der Waals surface area contributed by atoms with Gasteiger partial charge in [0.15, 0.2) is 0 Å². The molecule has 8 heteroatoms. The van der Waals surface area contributed by atoms with E-state index in [1.54, 1.807) is 23.4 Å². The van der Waals surface area contributed by atoms with Crippen molar-refractivity contribution in [2.75, 3.05) is 18.3 Å². The summed E-state index contributed by atoms with van der Waals surface area (Å²) in [7, 11) is -2.16. The van der Waals surface area contributed by atoms with Crippen molar-refractivity contribution in [2.24, 2.45) is 0 Å². The summed E-state index contributed by atoms with van der Waals surface area (Å²) in [4.78, 5) is 13.9. The number of carbonyl (C=O) groups excluding carboxylic acids is 1. The van der Waals surface area contributed by atoms with Crippen molar-refractivity contribution < 1.29 is 17.6 Å². The first-order valence-corrected chi connectivity index (χ1v) is 9.01. The van der Waals surface area contributed by atoms with Crippen molar-refractivity contribution in [2.45, 2.75) is 24.8 Å². The molecule has 0 radical (unpaired) electrons. The lowest BCUT2D eigenvalue weighted by atomic mass is 10.2. The SMILES string of the molecule is Cc1cc(NS(=O)(=O)c2cc3n(c2)CCCN(C)C3=O)ccc1F. The Morgan fingerprint density at radius 2 is 1.96 bits per heavy atom. The zero-order chi connectivity index (χ0) is 17.5. The second-order valence-corrected chi connectivity index (χ2v) is 7.59. The molecule has 1 amide bonds. The maximum absolute atomic E-state index is 13.3. The first-order valence-electron chi connectivity index (χ1n) is 7.52. The van der Waals surface area contributed by atoms with Gasteiger partial charge in [0.25, 0.3) is 15.9 Å². The van der Waals surface area contributed by atoms with E-state index in [1.165, 1.54) is 30.5 Å². The van der Waals surface area contributed by atoms with Gasteiger partial charge in [0.2, 0.25) is 0 Å². The van der Waals surface area contributed by atoms with Crippen molar-refractivity contribution in [1.29, 1.82) is 0 Å². The molecule has 0 saturated carbocycles. The van der Waals surface area contributed by atoms with Crippen molar-refractivity contribution >= 4 is 21.6 Å². The van der Waals surface area contributed by atoms with E-state index in [4.69, 9.17) is 0 Å². The van der Waals surface area contributed by atoms with Gasteiger partial charge < -0.3 is 9.47 Å². The van der Waals surface area contributed by atoms with Gasteiger partial charge in [0.1, 0.15) is 16.4 Å². The standard InChI is InChI=1S/C16H18FN3O3S/c1-11-8-12(4-5-14(11)17)18-24(22,23)13-9-15-16(21)19(2)6-3-7-20(15)10-13/h4-5,8-10,18H,3,6-7H2,1-2H3. The average molecular weight is 351 g/mol. The Kier molecular flexibility index (Phi) is 4.08. The summed E-state index contributed by atoms with van der Waals surface area (Å²) in [6, 6.07) is 5.37. The van der Waals surface area contributed by atoms with Gasteiger partial charge in [-0.25, -0.2) is 12.8 Å². The highest BCUT2D eigenvalue weighted by Gasteiger charge is 2.25. The Balaban J connectivity index is 1.93. The number of rotatable bonds is 3.